The first kappa shape index (κ1) is 19.2. The van der Waals surface area contributed by atoms with Gasteiger partial charge in [-0.2, -0.15) is 4.98 Å². The van der Waals surface area contributed by atoms with Gasteiger partial charge in [0.2, 0.25) is 5.91 Å². The highest BCUT2D eigenvalue weighted by molar-refractivity contribution is 7.99. The molecule has 0 aliphatic rings. The fraction of sp³-hybridized carbons (Fsp3) is 0.0526. The zero-order chi connectivity index (χ0) is 20.1. The highest BCUT2D eigenvalue weighted by atomic mass is 32.2. The van der Waals surface area contributed by atoms with Crippen LogP contribution in [0.5, 0.6) is 0 Å². The molecule has 0 bridgehead atoms. The standard InChI is InChI=1S/C19H17N5O3S/c20-15-10-16(25)23-19(24(15)12-6-2-1-3-7-12)28-11-17(26)22-14-9-5-4-8-13(14)18(21)27/h1-10H,11,20H2,(H2,21,27)(H,22,26). The quantitative estimate of drug-likeness (QED) is 0.429. The van der Waals surface area contributed by atoms with E-state index in [4.69, 9.17) is 11.5 Å². The summed E-state index contributed by atoms with van der Waals surface area (Å²) in [7, 11) is 0. The van der Waals surface area contributed by atoms with Crippen LogP contribution in [-0.2, 0) is 4.79 Å². The van der Waals surface area contributed by atoms with Crippen molar-refractivity contribution in [2.75, 3.05) is 16.8 Å². The first-order valence-electron chi connectivity index (χ1n) is 8.22. The Labute approximate surface area is 164 Å². The third kappa shape index (κ3) is 4.38. The summed E-state index contributed by atoms with van der Waals surface area (Å²) < 4.78 is 1.59. The summed E-state index contributed by atoms with van der Waals surface area (Å²) in [6.45, 7) is 0. The van der Waals surface area contributed by atoms with Crippen LogP contribution >= 0.6 is 11.8 Å². The number of thioether (sulfide) groups is 1. The van der Waals surface area contributed by atoms with Crippen LogP contribution in [0.15, 0.2) is 70.6 Å². The molecule has 2 aromatic carbocycles. The number of rotatable bonds is 6. The van der Waals surface area contributed by atoms with Crippen molar-refractivity contribution in [2.24, 2.45) is 5.73 Å². The first-order chi connectivity index (χ1) is 13.5. The number of para-hydroxylation sites is 2. The first-order valence-corrected chi connectivity index (χ1v) is 9.21. The van der Waals surface area contributed by atoms with Crippen molar-refractivity contribution in [3.8, 4) is 5.69 Å². The van der Waals surface area contributed by atoms with Crippen LogP contribution in [0.2, 0.25) is 0 Å². The van der Waals surface area contributed by atoms with E-state index in [-0.39, 0.29) is 28.2 Å². The van der Waals surface area contributed by atoms with Crippen molar-refractivity contribution in [3.63, 3.8) is 0 Å². The fourth-order valence-electron chi connectivity index (χ4n) is 2.53. The second kappa shape index (κ2) is 8.40. The minimum atomic E-state index is -0.640. The fourth-order valence-corrected chi connectivity index (χ4v) is 3.36. The van der Waals surface area contributed by atoms with Crippen molar-refractivity contribution in [3.05, 3.63) is 76.6 Å². The molecule has 2 amide bonds. The lowest BCUT2D eigenvalue weighted by Crippen LogP contribution is -2.21. The molecule has 0 saturated heterocycles. The molecule has 9 heteroatoms. The van der Waals surface area contributed by atoms with Gasteiger partial charge in [-0.25, -0.2) is 0 Å². The van der Waals surface area contributed by atoms with Gasteiger partial charge >= 0.3 is 0 Å². The van der Waals surface area contributed by atoms with E-state index in [0.29, 0.717) is 5.69 Å². The van der Waals surface area contributed by atoms with Gasteiger partial charge in [-0.3, -0.25) is 19.0 Å². The molecular weight excluding hydrogens is 378 g/mol. The Bertz CT molecular complexity index is 1080. The summed E-state index contributed by atoms with van der Waals surface area (Å²) in [6.07, 6.45) is 0. The topological polar surface area (TPSA) is 133 Å². The van der Waals surface area contributed by atoms with Crippen LogP contribution in [0.25, 0.3) is 5.69 Å². The molecule has 0 atom stereocenters. The lowest BCUT2D eigenvalue weighted by Gasteiger charge is -2.14. The van der Waals surface area contributed by atoms with Crippen molar-refractivity contribution in [1.82, 2.24) is 9.55 Å². The van der Waals surface area contributed by atoms with Crippen LogP contribution in [0.4, 0.5) is 11.5 Å². The Morgan fingerprint density at radius 3 is 2.46 bits per heavy atom. The van der Waals surface area contributed by atoms with Crippen LogP contribution in [0.1, 0.15) is 10.4 Å². The van der Waals surface area contributed by atoms with E-state index in [1.807, 2.05) is 30.3 Å². The second-order valence-electron chi connectivity index (χ2n) is 5.72. The van der Waals surface area contributed by atoms with E-state index in [1.54, 1.807) is 22.8 Å². The van der Waals surface area contributed by atoms with E-state index in [0.717, 1.165) is 17.4 Å². The van der Waals surface area contributed by atoms with Gasteiger partial charge in [0, 0.05) is 11.8 Å². The molecule has 0 aliphatic heterocycles. The maximum atomic E-state index is 12.3. The van der Waals surface area contributed by atoms with Crippen LogP contribution in [0.3, 0.4) is 0 Å². The molecular formula is C19H17N5O3S. The Hall–Kier alpha value is -3.59. The number of anilines is 2. The molecule has 0 fully saturated rings. The van der Waals surface area contributed by atoms with E-state index in [2.05, 4.69) is 10.3 Å². The van der Waals surface area contributed by atoms with Crippen LogP contribution in [-0.4, -0.2) is 27.1 Å². The number of carbonyl (C=O) groups excluding carboxylic acids is 2. The number of nitrogens with one attached hydrogen (secondary N) is 1. The van der Waals surface area contributed by atoms with Crippen molar-refractivity contribution in [2.45, 2.75) is 5.16 Å². The molecule has 3 aromatic rings. The predicted octanol–water partition coefficient (Wildman–Crippen LogP) is 1.64. The molecule has 1 heterocycles. The summed E-state index contributed by atoms with van der Waals surface area (Å²) >= 11 is 1.06. The molecule has 1 aromatic heterocycles. The van der Waals surface area contributed by atoms with Gasteiger partial charge in [-0.15, -0.1) is 0 Å². The average molecular weight is 395 g/mol. The molecule has 5 N–H and O–H groups in total. The molecule has 0 spiro atoms. The summed E-state index contributed by atoms with van der Waals surface area (Å²) in [5.74, 6) is -0.849. The van der Waals surface area contributed by atoms with Gasteiger partial charge in [-0.05, 0) is 24.3 Å². The molecule has 3 rings (SSSR count). The van der Waals surface area contributed by atoms with Crippen molar-refractivity contribution < 1.29 is 9.59 Å². The number of aromatic nitrogens is 2. The van der Waals surface area contributed by atoms with Gasteiger partial charge < -0.3 is 16.8 Å². The van der Waals surface area contributed by atoms with Gasteiger partial charge in [0.15, 0.2) is 5.16 Å². The van der Waals surface area contributed by atoms with E-state index in [9.17, 15) is 14.4 Å². The Morgan fingerprint density at radius 2 is 1.75 bits per heavy atom. The van der Waals surface area contributed by atoms with Crippen molar-refractivity contribution in [1.29, 1.82) is 0 Å². The summed E-state index contributed by atoms with van der Waals surface area (Å²) in [4.78, 5) is 39.6. The average Bonchev–Trinajstić information content (AvgIpc) is 2.67. The lowest BCUT2D eigenvalue weighted by atomic mass is 10.1. The van der Waals surface area contributed by atoms with Crippen molar-refractivity contribution >= 4 is 35.1 Å². The highest BCUT2D eigenvalue weighted by Crippen LogP contribution is 2.23. The number of amides is 2. The SMILES string of the molecule is NC(=O)c1ccccc1NC(=O)CSc1nc(=O)cc(N)n1-c1ccccc1. The number of nitrogen functional groups attached to an aromatic ring is 1. The molecule has 0 radical (unpaired) electrons. The lowest BCUT2D eigenvalue weighted by molar-refractivity contribution is -0.113. The van der Waals surface area contributed by atoms with Gasteiger partial charge in [-0.1, -0.05) is 42.1 Å². The number of benzene rings is 2. The predicted molar refractivity (Wildman–Crippen MR) is 109 cm³/mol. The summed E-state index contributed by atoms with van der Waals surface area (Å²) in [5.41, 5.74) is 12.1. The van der Waals surface area contributed by atoms with Gasteiger partial charge in [0.25, 0.3) is 11.5 Å². The second-order valence-corrected chi connectivity index (χ2v) is 6.66. The highest BCUT2D eigenvalue weighted by Gasteiger charge is 2.14. The van der Waals surface area contributed by atoms with Crippen LogP contribution < -0.4 is 22.3 Å². The Kier molecular flexibility index (Phi) is 5.75. The number of primary amides is 1. The molecule has 28 heavy (non-hydrogen) atoms. The zero-order valence-electron chi connectivity index (χ0n) is 14.7. The Balaban J connectivity index is 1.81. The molecule has 0 unspecified atom stereocenters. The van der Waals surface area contributed by atoms with Gasteiger partial charge in [0.1, 0.15) is 5.82 Å². The number of nitrogens with two attached hydrogens (primary N) is 2. The monoisotopic (exact) mass is 395 g/mol. The van der Waals surface area contributed by atoms with Gasteiger partial charge in [0.05, 0.1) is 17.0 Å². The van der Waals surface area contributed by atoms with E-state index < -0.39 is 11.5 Å². The van der Waals surface area contributed by atoms with E-state index >= 15 is 0 Å². The van der Waals surface area contributed by atoms with Crippen LogP contribution in [0, 0.1) is 0 Å². The molecule has 0 saturated carbocycles. The third-order valence-electron chi connectivity index (χ3n) is 3.74. The summed E-state index contributed by atoms with van der Waals surface area (Å²) in [6, 6.07) is 16.8. The minimum Gasteiger partial charge on any atom is -0.385 e. The maximum Gasteiger partial charge on any atom is 0.275 e. The summed E-state index contributed by atoms with van der Waals surface area (Å²) in [5, 5.41) is 2.93. The molecule has 0 aliphatic carbocycles. The van der Waals surface area contributed by atoms with E-state index in [1.165, 1.54) is 12.1 Å². The molecule has 142 valence electrons. The number of hydrogen-bond acceptors (Lipinski definition) is 6. The number of carbonyl (C=O) groups is 2. The minimum absolute atomic E-state index is 0.0458. The molecule has 8 nitrogen and oxygen atoms in total. The normalized spacial score (nSPS) is 10.4. The smallest absolute Gasteiger partial charge is 0.275 e. The zero-order valence-corrected chi connectivity index (χ0v) is 15.5. The largest absolute Gasteiger partial charge is 0.385 e. The number of nitrogens with zero attached hydrogens (tertiary/aromatic N) is 2. The number of hydrogen-bond donors (Lipinski definition) is 3. The maximum absolute atomic E-state index is 12.3. The Morgan fingerprint density at radius 1 is 1.07 bits per heavy atom. The third-order valence-corrected chi connectivity index (χ3v) is 4.68.